The van der Waals surface area contributed by atoms with Gasteiger partial charge in [0, 0.05) is 6.07 Å². The van der Waals surface area contributed by atoms with Gasteiger partial charge in [-0.2, -0.15) is 0 Å². The highest BCUT2D eigenvalue weighted by Crippen LogP contribution is 2.42. The zero-order valence-corrected chi connectivity index (χ0v) is 18.5. The number of esters is 1. The molecule has 1 heterocycles. The zero-order valence-electron chi connectivity index (χ0n) is 18.5. The lowest BCUT2D eigenvalue weighted by Crippen LogP contribution is -2.45. The maximum atomic E-state index is 12.8. The van der Waals surface area contributed by atoms with Gasteiger partial charge < -0.3 is 29.6 Å². The summed E-state index contributed by atoms with van der Waals surface area (Å²) in [5.74, 6) is -0.103. The Morgan fingerprint density at radius 3 is 2.36 bits per heavy atom. The fraction of sp³-hybridized carbons (Fsp3) is 0.273. The van der Waals surface area contributed by atoms with E-state index < -0.39 is 23.0 Å². The average Bonchev–Trinajstić information content (AvgIpc) is 2.83. The van der Waals surface area contributed by atoms with Gasteiger partial charge in [-0.05, 0) is 48.4 Å². The molecule has 1 atom stereocenters. The summed E-state index contributed by atoms with van der Waals surface area (Å²) >= 11 is 0. The number of hydrogen-bond acceptors (Lipinski definition) is 8. The Balaban J connectivity index is 2.25. The molecule has 3 rings (SSSR count). The Morgan fingerprint density at radius 2 is 1.82 bits per heavy atom. The van der Waals surface area contributed by atoms with Gasteiger partial charge in [-0.3, -0.25) is 10.1 Å². The molecule has 1 aliphatic heterocycles. The highest BCUT2D eigenvalue weighted by Gasteiger charge is 2.36. The minimum atomic E-state index is -1.06. The third kappa shape index (κ3) is 4.66. The molecule has 174 valence electrons. The first-order valence-electron chi connectivity index (χ1n) is 9.88. The Bertz CT molecular complexity index is 1110. The quantitative estimate of drug-likeness (QED) is 0.351. The molecule has 0 saturated heterocycles. The van der Waals surface area contributed by atoms with E-state index in [-0.39, 0.29) is 40.6 Å². The van der Waals surface area contributed by atoms with E-state index in [0.29, 0.717) is 11.3 Å². The summed E-state index contributed by atoms with van der Waals surface area (Å²) in [4.78, 5) is 36.5. The van der Waals surface area contributed by atoms with Crippen LogP contribution in [0.15, 0.2) is 42.0 Å². The van der Waals surface area contributed by atoms with E-state index in [1.165, 1.54) is 33.5 Å². The van der Waals surface area contributed by atoms with E-state index in [1.807, 2.05) is 0 Å². The molecule has 2 N–H and O–H groups in total. The van der Waals surface area contributed by atoms with Crippen LogP contribution in [0.4, 0.5) is 10.5 Å². The monoisotopic (exact) mass is 457 g/mol. The fourth-order valence-electron chi connectivity index (χ4n) is 3.48. The van der Waals surface area contributed by atoms with Crippen LogP contribution in [0.1, 0.15) is 24.1 Å². The number of nitrogens with zero attached hydrogens (tertiary/aromatic N) is 1. The maximum Gasteiger partial charge on any atom is 0.338 e. The highest BCUT2D eigenvalue weighted by atomic mass is 16.6. The molecule has 0 spiro atoms. The largest absolute Gasteiger partial charge is 0.497 e. The first kappa shape index (κ1) is 23.4. The van der Waals surface area contributed by atoms with E-state index in [4.69, 9.17) is 18.9 Å². The van der Waals surface area contributed by atoms with Gasteiger partial charge in [-0.25, -0.2) is 9.59 Å². The average molecular weight is 457 g/mol. The van der Waals surface area contributed by atoms with Crippen molar-refractivity contribution in [3.8, 4) is 17.2 Å². The van der Waals surface area contributed by atoms with Crippen molar-refractivity contribution in [2.45, 2.75) is 13.0 Å². The second kappa shape index (κ2) is 9.90. The van der Waals surface area contributed by atoms with Crippen molar-refractivity contribution < 1.29 is 33.5 Å². The lowest BCUT2D eigenvalue weighted by Gasteiger charge is -2.29. The molecule has 0 fully saturated rings. The molecule has 2 aromatic carbocycles. The van der Waals surface area contributed by atoms with Crippen LogP contribution >= 0.6 is 0 Å². The first-order valence-corrected chi connectivity index (χ1v) is 9.88. The summed E-state index contributed by atoms with van der Waals surface area (Å²) in [5.41, 5.74) is 0.650. The molecule has 0 aromatic heterocycles. The minimum Gasteiger partial charge on any atom is -0.497 e. The normalized spacial score (nSPS) is 15.3. The smallest absolute Gasteiger partial charge is 0.338 e. The number of amides is 2. The number of hydrogen-bond donors (Lipinski definition) is 2. The van der Waals surface area contributed by atoms with Crippen molar-refractivity contribution in [3.05, 3.63) is 63.2 Å². The zero-order chi connectivity index (χ0) is 24.1. The summed E-state index contributed by atoms with van der Waals surface area (Å²) in [6.45, 7) is 1.86. The van der Waals surface area contributed by atoms with Crippen molar-refractivity contribution in [1.82, 2.24) is 10.6 Å². The predicted octanol–water partition coefficient (Wildman–Crippen LogP) is 2.95. The molecule has 1 aliphatic rings. The van der Waals surface area contributed by atoms with Crippen LogP contribution in [0.3, 0.4) is 0 Å². The molecule has 0 saturated carbocycles. The highest BCUT2D eigenvalue weighted by molar-refractivity contribution is 6.04. The number of carbonyl (C=O) groups excluding carboxylic acids is 2. The number of nitro benzene ring substituents is 1. The number of carbonyl (C=O) groups is 2. The molecule has 0 bridgehead atoms. The molecule has 0 radical (unpaired) electrons. The number of urea groups is 1. The van der Waals surface area contributed by atoms with Crippen LogP contribution in [-0.2, 0) is 9.53 Å². The molecule has 0 aliphatic carbocycles. The summed E-state index contributed by atoms with van der Waals surface area (Å²) in [6, 6.07) is 7.72. The van der Waals surface area contributed by atoms with Crippen molar-refractivity contribution in [2.75, 3.05) is 27.9 Å². The number of methoxy groups -OCH3 is 3. The number of benzene rings is 2. The van der Waals surface area contributed by atoms with Crippen LogP contribution < -0.4 is 24.8 Å². The SMILES string of the molecule is CCOc1c(OC)cc(C2NC(=O)NC(c3ccc(OC)cc3)=C2C(=O)OC)cc1[N+](=O)[O-]. The van der Waals surface area contributed by atoms with Gasteiger partial charge in [0.05, 0.1) is 50.2 Å². The number of ether oxygens (including phenoxy) is 4. The second-order valence-electron chi connectivity index (χ2n) is 6.80. The van der Waals surface area contributed by atoms with Crippen molar-refractivity contribution in [3.63, 3.8) is 0 Å². The lowest BCUT2D eigenvalue weighted by molar-refractivity contribution is -0.386. The van der Waals surface area contributed by atoms with Gasteiger partial charge in [0.2, 0.25) is 5.75 Å². The Hall–Kier alpha value is -4.28. The van der Waals surface area contributed by atoms with Crippen LogP contribution in [0.5, 0.6) is 17.2 Å². The molecule has 2 aromatic rings. The molecule has 11 nitrogen and oxygen atoms in total. The Morgan fingerprint density at radius 1 is 1.12 bits per heavy atom. The Labute approximate surface area is 189 Å². The number of nitro groups is 1. The number of rotatable bonds is 8. The van der Waals surface area contributed by atoms with Crippen LogP contribution in [0, 0.1) is 10.1 Å². The van der Waals surface area contributed by atoms with E-state index in [1.54, 1.807) is 31.2 Å². The van der Waals surface area contributed by atoms with Gasteiger partial charge in [0.15, 0.2) is 5.75 Å². The van der Waals surface area contributed by atoms with E-state index >= 15 is 0 Å². The molecular weight excluding hydrogens is 434 g/mol. The minimum absolute atomic E-state index is 0.0482. The standard InChI is InChI=1S/C22H23N3O8/c1-5-33-20-15(25(28)29)10-13(11-16(20)31-3)19-17(21(26)32-4)18(23-22(27)24-19)12-6-8-14(30-2)9-7-12/h6-11,19H,5H2,1-4H3,(H2,23,24,27). The van der Waals surface area contributed by atoms with Crippen LogP contribution in [0.2, 0.25) is 0 Å². The van der Waals surface area contributed by atoms with E-state index in [0.717, 1.165) is 0 Å². The maximum absolute atomic E-state index is 12.8. The van der Waals surface area contributed by atoms with Crippen molar-refractivity contribution in [2.24, 2.45) is 0 Å². The van der Waals surface area contributed by atoms with Crippen LogP contribution in [0.25, 0.3) is 5.70 Å². The van der Waals surface area contributed by atoms with Gasteiger partial charge in [-0.15, -0.1) is 0 Å². The third-order valence-electron chi connectivity index (χ3n) is 4.95. The van der Waals surface area contributed by atoms with Gasteiger partial charge in [0.25, 0.3) is 0 Å². The first-order chi connectivity index (χ1) is 15.8. The van der Waals surface area contributed by atoms with Gasteiger partial charge in [0.1, 0.15) is 5.75 Å². The topological polar surface area (TPSA) is 138 Å². The van der Waals surface area contributed by atoms with Crippen LogP contribution in [-0.4, -0.2) is 44.9 Å². The molecule has 2 amide bonds. The van der Waals surface area contributed by atoms with Gasteiger partial charge >= 0.3 is 17.7 Å². The third-order valence-corrected chi connectivity index (χ3v) is 4.95. The molecule has 33 heavy (non-hydrogen) atoms. The van der Waals surface area contributed by atoms with E-state index in [2.05, 4.69) is 10.6 Å². The summed E-state index contributed by atoms with van der Waals surface area (Å²) < 4.78 is 20.8. The van der Waals surface area contributed by atoms with Crippen molar-refractivity contribution >= 4 is 23.4 Å². The van der Waals surface area contributed by atoms with Crippen molar-refractivity contribution in [1.29, 1.82) is 0 Å². The summed E-state index contributed by atoms with van der Waals surface area (Å²) in [6.07, 6.45) is 0. The van der Waals surface area contributed by atoms with Gasteiger partial charge in [-0.1, -0.05) is 0 Å². The fourth-order valence-corrected chi connectivity index (χ4v) is 3.48. The Kier molecular flexibility index (Phi) is 7.01. The van der Waals surface area contributed by atoms with E-state index in [9.17, 15) is 19.7 Å². The number of nitrogens with one attached hydrogen (secondary N) is 2. The molecule has 11 heteroatoms. The molecule has 1 unspecified atom stereocenters. The lowest BCUT2D eigenvalue weighted by atomic mass is 9.92. The molecular formula is C22H23N3O8. The predicted molar refractivity (Wildman–Crippen MR) is 117 cm³/mol. The summed E-state index contributed by atoms with van der Waals surface area (Å²) in [7, 11) is 4.06. The summed E-state index contributed by atoms with van der Waals surface area (Å²) in [5, 5.41) is 17.0. The second-order valence-corrected chi connectivity index (χ2v) is 6.80.